The van der Waals surface area contributed by atoms with Crippen molar-refractivity contribution in [3.8, 4) is 16.9 Å². The van der Waals surface area contributed by atoms with Gasteiger partial charge in [0, 0.05) is 24.7 Å². The Kier molecular flexibility index (Phi) is 6.89. The van der Waals surface area contributed by atoms with E-state index >= 15 is 0 Å². The van der Waals surface area contributed by atoms with Crippen LogP contribution < -0.4 is 20.7 Å². The molecular formula is C22H27N3O3. The van der Waals surface area contributed by atoms with Crippen LogP contribution in [0.1, 0.15) is 36.0 Å². The van der Waals surface area contributed by atoms with Crippen LogP contribution in [0.5, 0.6) is 5.75 Å². The normalized spacial score (nSPS) is 13.8. The fraction of sp³-hybridized carbons (Fsp3) is 0.364. The van der Waals surface area contributed by atoms with E-state index in [4.69, 9.17) is 4.74 Å². The van der Waals surface area contributed by atoms with E-state index in [2.05, 4.69) is 16.0 Å². The first-order valence-electron chi connectivity index (χ1n) is 9.73. The molecule has 3 rings (SSSR count). The molecule has 3 amide bonds. The summed E-state index contributed by atoms with van der Waals surface area (Å²) in [6, 6.07) is 15.3. The van der Waals surface area contributed by atoms with Crippen molar-refractivity contribution in [2.75, 3.05) is 20.2 Å². The Balaban J connectivity index is 1.43. The third-order valence-electron chi connectivity index (χ3n) is 4.94. The SMILES string of the molecule is COc1cccc(-c2ccc(C(=O)NCCNC(=O)NC3CCCC3)cc2)c1. The molecule has 0 aliphatic heterocycles. The van der Waals surface area contributed by atoms with Crippen LogP contribution in [0.3, 0.4) is 0 Å². The molecule has 0 atom stereocenters. The summed E-state index contributed by atoms with van der Waals surface area (Å²) in [5, 5.41) is 8.56. The van der Waals surface area contributed by atoms with Gasteiger partial charge in [0.25, 0.3) is 5.91 Å². The van der Waals surface area contributed by atoms with E-state index in [9.17, 15) is 9.59 Å². The van der Waals surface area contributed by atoms with Crippen molar-refractivity contribution in [3.05, 3.63) is 54.1 Å². The van der Waals surface area contributed by atoms with Crippen molar-refractivity contribution in [1.29, 1.82) is 0 Å². The summed E-state index contributed by atoms with van der Waals surface area (Å²) in [4.78, 5) is 24.0. The third kappa shape index (κ3) is 5.49. The zero-order chi connectivity index (χ0) is 19.8. The minimum atomic E-state index is -0.163. The van der Waals surface area contributed by atoms with Gasteiger partial charge in [-0.25, -0.2) is 4.79 Å². The second kappa shape index (κ2) is 9.78. The Bertz CT molecular complexity index is 799. The minimum absolute atomic E-state index is 0.157. The number of carbonyl (C=O) groups is 2. The quantitative estimate of drug-likeness (QED) is 0.644. The summed E-state index contributed by atoms with van der Waals surface area (Å²) in [7, 11) is 1.64. The second-order valence-corrected chi connectivity index (χ2v) is 6.95. The molecule has 6 heteroatoms. The van der Waals surface area contributed by atoms with E-state index in [1.165, 1.54) is 12.8 Å². The molecule has 28 heavy (non-hydrogen) atoms. The maximum Gasteiger partial charge on any atom is 0.315 e. The number of hydrogen-bond donors (Lipinski definition) is 3. The number of ether oxygens (including phenoxy) is 1. The first-order chi connectivity index (χ1) is 13.7. The molecule has 1 saturated carbocycles. The Morgan fingerprint density at radius 3 is 2.39 bits per heavy atom. The molecule has 148 valence electrons. The first kappa shape index (κ1) is 19.7. The third-order valence-corrected chi connectivity index (χ3v) is 4.94. The maximum absolute atomic E-state index is 12.3. The number of hydrogen-bond acceptors (Lipinski definition) is 3. The van der Waals surface area contributed by atoms with Crippen LogP contribution in [0.2, 0.25) is 0 Å². The van der Waals surface area contributed by atoms with Crippen molar-refractivity contribution in [1.82, 2.24) is 16.0 Å². The topological polar surface area (TPSA) is 79.5 Å². The molecule has 3 N–H and O–H groups in total. The maximum atomic E-state index is 12.3. The van der Waals surface area contributed by atoms with E-state index in [1.807, 2.05) is 36.4 Å². The standard InChI is InChI=1S/C22H27N3O3/c1-28-20-8-4-5-18(15-20)16-9-11-17(12-10-16)21(26)23-13-14-24-22(27)25-19-6-2-3-7-19/h4-5,8-12,15,19H,2-3,6-7,13-14H2,1H3,(H,23,26)(H2,24,25,27). The number of rotatable bonds is 7. The van der Waals surface area contributed by atoms with Crippen LogP contribution in [0.4, 0.5) is 4.79 Å². The van der Waals surface area contributed by atoms with Crippen molar-refractivity contribution in [3.63, 3.8) is 0 Å². The summed E-state index contributed by atoms with van der Waals surface area (Å²) >= 11 is 0. The Labute approximate surface area is 165 Å². The first-order valence-corrected chi connectivity index (χ1v) is 9.73. The van der Waals surface area contributed by atoms with Crippen LogP contribution in [0, 0.1) is 0 Å². The molecular weight excluding hydrogens is 354 g/mol. The van der Waals surface area contributed by atoms with Crippen LogP contribution >= 0.6 is 0 Å². The molecule has 2 aromatic carbocycles. The van der Waals surface area contributed by atoms with Gasteiger partial charge < -0.3 is 20.7 Å². The molecule has 0 heterocycles. The van der Waals surface area contributed by atoms with Gasteiger partial charge in [-0.2, -0.15) is 0 Å². The van der Waals surface area contributed by atoms with Gasteiger partial charge in [0.1, 0.15) is 5.75 Å². The average molecular weight is 381 g/mol. The lowest BCUT2D eigenvalue weighted by molar-refractivity contribution is 0.0954. The van der Waals surface area contributed by atoms with Crippen LogP contribution in [0.15, 0.2) is 48.5 Å². The average Bonchev–Trinajstić information content (AvgIpc) is 3.24. The van der Waals surface area contributed by atoms with Crippen molar-refractivity contribution < 1.29 is 14.3 Å². The van der Waals surface area contributed by atoms with E-state index in [0.717, 1.165) is 29.7 Å². The molecule has 1 aliphatic rings. The van der Waals surface area contributed by atoms with Crippen molar-refractivity contribution in [2.45, 2.75) is 31.7 Å². The predicted molar refractivity (Wildman–Crippen MR) is 110 cm³/mol. The predicted octanol–water partition coefficient (Wildman–Crippen LogP) is 3.33. The largest absolute Gasteiger partial charge is 0.497 e. The Morgan fingerprint density at radius 2 is 1.68 bits per heavy atom. The van der Waals surface area contributed by atoms with E-state index in [0.29, 0.717) is 18.7 Å². The summed E-state index contributed by atoms with van der Waals surface area (Å²) in [5.41, 5.74) is 2.63. The number of carbonyl (C=O) groups excluding carboxylic acids is 2. The second-order valence-electron chi connectivity index (χ2n) is 6.95. The smallest absolute Gasteiger partial charge is 0.315 e. The van der Waals surface area contributed by atoms with Crippen molar-refractivity contribution in [2.24, 2.45) is 0 Å². The van der Waals surface area contributed by atoms with E-state index < -0.39 is 0 Å². The van der Waals surface area contributed by atoms with Crippen molar-refractivity contribution >= 4 is 11.9 Å². The number of methoxy groups -OCH3 is 1. The number of amides is 3. The van der Waals surface area contributed by atoms with E-state index in [1.54, 1.807) is 19.2 Å². The zero-order valence-corrected chi connectivity index (χ0v) is 16.2. The monoisotopic (exact) mass is 381 g/mol. The molecule has 1 fully saturated rings. The molecule has 1 aliphatic carbocycles. The summed E-state index contributed by atoms with van der Waals surface area (Å²) in [5.74, 6) is 0.638. The highest BCUT2D eigenvalue weighted by Crippen LogP contribution is 2.24. The van der Waals surface area contributed by atoms with Gasteiger partial charge in [-0.05, 0) is 48.2 Å². The molecule has 6 nitrogen and oxygen atoms in total. The zero-order valence-electron chi connectivity index (χ0n) is 16.2. The van der Waals surface area contributed by atoms with Gasteiger partial charge in [0.15, 0.2) is 0 Å². The number of nitrogens with one attached hydrogen (secondary N) is 3. The lowest BCUT2D eigenvalue weighted by Crippen LogP contribution is -2.43. The van der Waals surface area contributed by atoms with Crippen LogP contribution in [0.25, 0.3) is 11.1 Å². The molecule has 0 radical (unpaired) electrons. The van der Waals surface area contributed by atoms with Gasteiger partial charge in [-0.3, -0.25) is 4.79 Å². The van der Waals surface area contributed by atoms with Gasteiger partial charge in [0.05, 0.1) is 7.11 Å². The highest BCUT2D eigenvalue weighted by Gasteiger charge is 2.16. The lowest BCUT2D eigenvalue weighted by atomic mass is 10.0. The molecule has 0 spiro atoms. The van der Waals surface area contributed by atoms with Gasteiger partial charge in [0.2, 0.25) is 0 Å². The Hall–Kier alpha value is -3.02. The van der Waals surface area contributed by atoms with Crippen LogP contribution in [-0.4, -0.2) is 38.2 Å². The van der Waals surface area contributed by atoms with Gasteiger partial charge in [-0.1, -0.05) is 37.1 Å². The minimum Gasteiger partial charge on any atom is -0.497 e. The summed E-state index contributed by atoms with van der Waals surface area (Å²) in [6.45, 7) is 0.779. The molecule has 2 aromatic rings. The summed E-state index contributed by atoms with van der Waals surface area (Å²) in [6.07, 6.45) is 4.46. The molecule has 0 bridgehead atoms. The molecule has 0 saturated heterocycles. The fourth-order valence-electron chi connectivity index (χ4n) is 3.38. The highest BCUT2D eigenvalue weighted by atomic mass is 16.5. The summed E-state index contributed by atoms with van der Waals surface area (Å²) < 4.78 is 5.25. The van der Waals surface area contributed by atoms with Gasteiger partial charge >= 0.3 is 6.03 Å². The molecule has 0 aromatic heterocycles. The highest BCUT2D eigenvalue weighted by molar-refractivity contribution is 5.94. The van der Waals surface area contributed by atoms with Gasteiger partial charge in [-0.15, -0.1) is 0 Å². The number of benzene rings is 2. The lowest BCUT2D eigenvalue weighted by Gasteiger charge is -2.13. The van der Waals surface area contributed by atoms with E-state index in [-0.39, 0.29) is 18.0 Å². The van der Waals surface area contributed by atoms with Crippen LogP contribution in [-0.2, 0) is 0 Å². The Morgan fingerprint density at radius 1 is 0.964 bits per heavy atom. The molecule has 0 unspecified atom stereocenters. The number of urea groups is 1. The fourth-order valence-corrected chi connectivity index (χ4v) is 3.38.